The molecule has 2 aromatic rings. The van der Waals surface area contributed by atoms with Crippen molar-refractivity contribution >= 4 is 32.4 Å². The van der Waals surface area contributed by atoms with Crippen LogP contribution in [0.2, 0.25) is 0 Å². The lowest BCUT2D eigenvalue weighted by Gasteiger charge is -2.31. The highest BCUT2D eigenvalue weighted by molar-refractivity contribution is 7.22. The van der Waals surface area contributed by atoms with Gasteiger partial charge in [0.05, 0.1) is 15.1 Å². The van der Waals surface area contributed by atoms with E-state index in [-0.39, 0.29) is 10.6 Å². The Labute approximate surface area is 114 Å². The Morgan fingerprint density at radius 2 is 2.42 bits per heavy atom. The Morgan fingerprint density at radius 1 is 1.58 bits per heavy atom. The summed E-state index contributed by atoms with van der Waals surface area (Å²) in [6, 6.07) is 5.29. The minimum absolute atomic E-state index is 0.0954. The topological polar surface area (TPSA) is 71.3 Å². The molecule has 0 spiro atoms. The fourth-order valence-corrected chi connectivity index (χ4v) is 3.24. The van der Waals surface area contributed by atoms with Gasteiger partial charge in [-0.1, -0.05) is 11.3 Å². The van der Waals surface area contributed by atoms with Crippen LogP contribution in [0.5, 0.6) is 0 Å². The van der Waals surface area contributed by atoms with Gasteiger partial charge in [-0.05, 0) is 13.0 Å². The minimum atomic E-state index is -0.384. The molecule has 1 saturated heterocycles. The Hall–Kier alpha value is -1.73. The molecule has 7 heteroatoms. The molecule has 19 heavy (non-hydrogen) atoms. The Morgan fingerprint density at radius 3 is 3.16 bits per heavy atom. The number of nitro groups is 1. The monoisotopic (exact) mass is 278 g/mol. The van der Waals surface area contributed by atoms with Crippen molar-refractivity contribution in [2.45, 2.75) is 13.0 Å². The van der Waals surface area contributed by atoms with Crippen LogP contribution in [0.15, 0.2) is 18.2 Å². The van der Waals surface area contributed by atoms with E-state index < -0.39 is 0 Å². The largest absolute Gasteiger partial charge is 0.345 e. The van der Waals surface area contributed by atoms with E-state index in [1.165, 1.54) is 6.07 Å². The maximum atomic E-state index is 10.8. The van der Waals surface area contributed by atoms with Gasteiger partial charge < -0.3 is 10.2 Å². The number of nitro benzene ring substituents is 1. The van der Waals surface area contributed by atoms with E-state index in [0.29, 0.717) is 11.6 Å². The standard InChI is InChI=1S/C12H14N4O2S/c1-8-7-15(5-4-13-8)12-14-10-6-9(16(17)18)2-3-11(10)19-12/h2-3,6,8,13H,4-5,7H2,1H3/t8-/m1/s1. The van der Waals surface area contributed by atoms with Gasteiger partial charge in [-0.25, -0.2) is 4.98 Å². The van der Waals surface area contributed by atoms with Crippen LogP contribution in [-0.2, 0) is 0 Å². The number of nitrogens with one attached hydrogen (secondary N) is 1. The van der Waals surface area contributed by atoms with Crippen molar-refractivity contribution in [3.63, 3.8) is 0 Å². The number of non-ortho nitro benzene ring substituents is 1. The summed E-state index contributed by atoms with van der Waals surface area (Å²) in [4.78, 5) is 17.1. The zero-order valence-electron chi connectivity index (χ0n) is 10.5. The number of nitrogens with zero attached hydrogens (tertiary/aromatic N) is 3. The second kappa shape index (κ2) is 4.75. The molecule has 1 aliphatic rings. The van der Waals surface area contributed by atoms with Crippen LogP contribution in [0.3, 0.4) is 0 Å². The number of hydrogen-bond donors (Lipinski definition) is 1. The Balaban J connectivity index is 1.94. The molecule has 1 aliphatic heterocycles. The van der Waals surface area contributed by atoms with Gasteiger partial charge in [0.2, 0.25) is 0 Å². The van der Waals surface area contributed by atoms with Crippen LogP contribution < -0.4 is 10.2 Å². The highest BCUT2D eigenvalue weighted by atomic mass is 32.1. The first-order valence-corrected chi connectivity index (χ1v) is 6.98. The molecule has 0 bridgehead atoms. The summed E-state index contributed by atoms with van der Waals surface area (Å²) in [6.07, 6.45) is 0. The summed E-state index contributed by atoms with van der Waals surface area (Å²) in [7, 11) is 0. The third kappa shape index (κ3) is 2.39. The molecule has 0 saturated carbocycles. The third-order valence-corrected chi connectivity index (χ3v) is 4.31. The highest BCUT2D eigenvalue weighted by Gasteiger charge is 2.19. The van der Waals surface area contributed by atoms with Crippen LogP contribution in [0.1, 0.15) is 6.92 Å². The van der Waals surface area contributed by atoms with Crippen LogP contribution in [0, 0.1) is 10.1 Å². The van der Waals surface area contributed by atoms with E-state index >= 15 is 0 Å². The molecule has 3 rings (SSSR count). The van der Waals surface area contributed by atoms with Crippen molar-refractivity contribution in [3.05, 3.63) is 28.3 Å². The molecule has 100 valence electrons. The summed E-state index contributed by atoms with van der Waals surface area (Å²) in [5, 5.41) is 15.1. The van der Waals surface area contributed by atoms with Gasteiger partial charge in [0.25, 0.3) is 5.69 Å². The highest BCUT2D eigenvalue weighted by Crippen LogP contribution is 2.31. The van der Waals surface area contributed by atoms with E-state index in [2.05, 4.69) is 22.1 Å². The van der Waals surface area contributed by atoms with Crippen molar-refractivity contribution in [1.29, 1.82) is 0 Å². The van der Waals surface area contributed by atoms with E-state index in [9.17, 15) is 10.1 Å². The number of benzene rings is 1. The molecule has 1 aromatic carbocycles. The lowest BCUT2D eigenvalue weighted by Crippen LogP contribution is -2.49. The average Bonchev–Trinajstić information content (AvgIpc) is 2.81. The number of piperazine rings is 1. The lowest BCUT2D eigenvalue weighted by molar-refractivity contribution is -0.384. The second-order valence-corrected chi connectivity index (χ2v) is 5.72. The molecule has 1 fully saturated rings. The van der Waals surface area contributed by atoms with Gasteiger partial charge in [0.1, 0.15) is 0 Å². The first kappa shape index (κ1) is 12.3. The van der Waals surface area contributed by atoms with Crippen molar-refractivity contribution in [3.8, 4) is 0 Å². The molecule has 0 aliphatic carbocycles. The Bertz CT molecular complexity index is 627. The number of anilines is 1. The summed E-state index contributed by atoms with van der Waals surface area (Å²) in [5.41, 5.74) is 0.804. The molecule has 0 radical (unpaired) electrons. The summed E-state index contributed by atoms with van der Waals surface area (Å²) in [6.45, 7) is 4.93. The van der Waals surface area contributed by atoms with Crippen LogP contribution in [-0.4, -0.2) is 35.6 Å². The maximum absolute atomic E-state index is 10.8. The van der Waals surface area contributed by atoms with Gasteiger partial charge >= 0.3 is 0 Å². The maximum Gasteiger partial charge on any atom is 0.271 e. The van der Waals surface area contributed by atoms with E-state index in [1.807, 2.05) is 0 Å². The van der Waals surface area contributed by atoms with Gasteiger partial charge in [-0.3, -0.25) is 10.1 Å². The molecule has 0 amide bonds. The zero-order valence-corrected chi connectivity index (χ0v) is 11.3. The number of thiazole rings is 1. The molecule has 1 N–H and O–H groups in total. The summed E-state index contributed by atoms with van der Waals surface area (Å²) >= 11 is 1.59. The van der Waals surface area contributed by atoms with Crippen molar-refractivity contribution < 1.29 is 4.92 Å². The molecule has 2 heterocycles. The number of hydrogen-bond acceptors (Lipinski definition) is 6. The van der Waals surface area contributed by atoms with E-state index in [4.69, 9.17) is 0 Å². The minimum Gasteiger partial charge on any atom is -0.345 e. The second-order valence-electron chi connectivity index (χ2n) is 4.71. The number of aromatic nitrogens is 1. The van der Waals surface area contributed by atoms with E-state index in [0.717, 1.165) is 29.5 Å². The summed E-state index contributed by atoms with van der Waals surface area (Å²) < 4.78 is 0.992. The smallest absolute Gasteiger partial charge is 0.271 e. The fraction of sp³-hybridized carbons (Fsp3) is 0.417. The average molecular weight is 278 g/mol. The number of rotatable bonds is 2. The van der Waals surface area contributed by atoms with Gasteiger partial charge in [-0.15, -0.1) is 0 Å². The third-order valence-electron chi connectivity index (χ3n) is 3.21. The Kier molecular flexibility index (Phi) is 3.08. The normalized spacial score (nSPS) is 19.8. The zero-order chi connectivity index (χ0) is 13.4. The predicted molar refractivity (Wildman–Crippen MR) is 76.0 cm³/mol. The van der Waals surface area contributed by atoms with E-state index in [1.54, 1.807) is 23.5 Å². The fourth-order valence-electron chi connectivity index (χ4n) is 2.26. The quantitative estimate of drug-likeness (QED) is 0.672. The molecule has 0 unspecified atom stereocenters. The van der Waals surface area contributed by atoms with Crippen LogP contribution in [0.25, 0.3) is 10.2 Å². The first-order chi connectivity index (χ1) is 9.13. The molecular formula is C12H14N4O2S. The first-order valence-electron chi connectivity index (χ1n) is 6.17. The molecule has 1 atom stereocenters. The molecular weight excluding hydrogens is 264 g/mol. The molecule has 1 aromatic heterocycles. The van der Waals surface area contributed by atoms with Crippen molar-refractivity contribution in [1.82, 2.24) is 10.3 Å². The lowest BCUT2D eigenvalue weighted by atomic mass is 10.2. The molecule has 6 nitrogen and oxygen atoms in total. The van der Waals surface area contributed by atoms with Gasteiger partial charge in [0, 0.05) is 37.8 Å². The predicted octanol–water partition coefficient (Wildman–Crippen LogP) is 2.00. The van der Waals surface area contributed by atoms with Crippen molar-refractivity contribution in [2.24, 2.45) is 0 Å². The van der Waals surface area contributed by atoms with Crippen molar-refractivity contribution in [2.75, 3.05) is 24.5 Å². The SMILES string of the molecule is C[C@@H]1CN(c2nc3cc([N+](=O)[O-])ccc3s2)CCN1. The number of fused-ring (bicyclic) bond motifs is 1. The van der Waals surface area contributed by atoms with Gasteiger partial charge in [-0.2, -0.15) is 0 Å². The summed E-state index contributed by atoms with van der Waals surface area (Å²) in [5.74, 6) is 0. The van der Waals surface area contributed by atoms with Crippen LogP contribution >= 0.6 is 11.3 Å². The van der Waals surface area contributed by atoms with Crippen LogP contribution in [0.4, 0.5) is 10.8 Å². The van der Waals surface area contributed by atoms with Gasteiger partial charge in [0.15, 0.2) is 5.13 Å².